The minimum absolute atomic E-state index is 0.115. The van der Waals surface area contributed by atoms with Gasteiger partial charge in [0.05, 0.1) is 12.2 Å². The van der Waals surface area contributed by atoms with Crippen LogP contribution < -0.4 is 10.1 Å². The molecule has 7 heteroatoms. The van der Waals surface area contributed by atoms with Gasteiger partial charge >= 0.3 is 5.97 Å². The number of aryl methyl sites for hydroxylation is 1. The van der Waals surface area contributed by atoms with Gasteiger partial charge in [0.15, 0.2) is 6.61 Å². The molecule has 0 unspecified atom stereocenters. The van der Waals surface area contributed by atoms with E-state index in [2.05, 4.69) is 17.1 Å². The number of benzene rings is 1. The first-order valence-electron chi connectivity index (χ1n) is 9.53. The number of nitrogens with one attached hydrogen (secondary N) is 1. The van der Waals surface area contributed by atoms with E-state index in [1.807, 2.05) is 31.3 Å². The molecule has 1 aliphatic rings. The molecule has 150 valence electrons. The van der Waals surface area contributed by atoms with Crippen molar-refractivity contribution in [2.75, 3.05) is 32.1 Å². The smallest absolute Gasteiger partial charge is 0.341 e. The van der Waals surface area contributed by atoms with Gasteiger partial charge in [-0.05, 0) is 50.1 Å². The van der Waals surface area contributed by atoms with Crippen LogP contribution in [0.5, 0.6) is 5.75 Å². The lowest BCUT2D eigenvalue weighted by Gasteiger charge is -2.22. The molecule has 0 bridgehead atoms. The number of nitrogens with zero attached hydrogens (tertiary/aromatic N) is 1. The Balaban J connectivity index is 1.71. The summed E-state index contributed by atoms with van der Waals surface area (Å²) < 4.78 is 10.8. The topological polar surface area (TPSA) is 67.9 Å². The number of hydrogen-bond donors (Lipinski definition) is 1. The van der Waals surface area contributed by atoms with Crippen molar-refractivity contribution < 1.29 is 19.1 Å². The highest BCUT2D eigenvalue weighted by molar-refractivity contribution is 7.17. The van der Waals surface area contributed by atoms with E-state index < -0.39 is 0 Å². The molecule has 0 saturated heterocycles. The van der Waals surface area contributed by atoms with Crippen molar-refractivity contribution in [3.8, 4) is 5.75 Å². The molecule has 0 aliphatic carbocycles. The van der Waals surface area contributed by atoms with Gasteiger partial charge in [-0.1, -0.05) is 19.1 Å². The summed E-state index contributed by atoms with van der Waals surface area (Å²) >= 11 is 1.44. The van der Waals surface area contributed by atoms with Crippen LogP contribution in [0.1, 0.15) is 40.2 Å². The predicted molar refractivity (Wildman–Crippen MR) is 110 cm³/mol. The third kappa shape index (κ3) is 4.72. The lowest BCUT2D eigenvalue weighted by Crippen LogP contribution is -2.26. The molecule has 3 rings (SSSR count). The van der Waals surface area contributed by atoms with Crippen molar-refractivity contribution in [2.45, 2.75) is 33.2 Å². The molecule has 2 heterocycles. The number of ether oxygens (including phenoxy) is 2. The lowest BCUT2D eigenvalue weighted by atomic mass is 10.0. The number of thiophene rings is 1. The van der Waals surface area contributed by atoms with E-state index in [0.717, 1.165) is 36.4 Å². The predicted octanol–water partition coefficient (Wildman–Crippen LogP) is 3.49. The Morgan fingerprint density at radius 2 is 1.96 bits per heavy atom. The standard InChI is InChI=1S/C21H26N2O4S/c1-4-14-6-8-15(9-7-14)27-13-18(24)22-20-19(21(25)26-5-2)16-10-11-23(3)12-17(16)28-20/h6-9H,4-5,10-13H2,1-3H3,(H,22,24). The molecular weight excluding hydrogens is 376 g/mol. The maximum absolute atomic E-state index is 12.5. The van der Waals surface area contributed by atoms with Gasteiger partial charge in [-0.25, -0.2) is 4.79 Å². The number of rotatable bonds is 7. The third-order valence-corrected chi connectivity index (χ3v) is 5.81. The largest absolute Gasteiger partial charge is 0.484 e. The molecule has 1 amide bonds. The molecule has 0 atom stereocenters. The highest BCUT2D eigenvalue weighted by Crippen LogP contribution is 2.37. The Morgan fingerprint density at radius 1 is 1.21 bits per heavy atom. The normalized spacial score (nSPS) is 13.7. The quantitative estimate of drug-likeness (QED) is 0.718. The van der Waals surface area contributed by atoms with Crippen LogP contribution in [0.25, 0.3) is 0 Å². The van der Waals surface area contributed by atoms with Gasteiger partial charge in [0, 0.05) is 18.0 Å². The number of fused-ring (bicyclic) bond motifs is 1. The molecule has 1 aliphatic heterocycles. The zero-order valence-electron chi connectivity index (χ0n) is 16.5. The van der Waals surface area contributed by atoms with Crippen LogP contribution in [0.2, 0.25) is 0 Å². The summed E-state index contributed by atoms with van der Waals surface area (Å²) in [6, 6.07) is 7.68. The summed E-state index contributed by atoms with van der Waals surface area (Å²) in [7, 11) is 2.04. The first-order chi connectivity index (χ1) is 13.5. The van der Waals surface area contributed by atoms with Crippen LogP contribution >= 0.6 is 11.3 Å². The molecule has 6 nitrogen and oxygen atoms in total. The Hall–Kier alpha value is -2.38. The van der Waals surface area contributed by atoms with Crippen LogP contribution in [-0.2, 0) is 28.9 Å². The van der Waals surface area contributed by atoms with Gasteiger partial charge < -0.3 is 19.7 Å². The van der Waals surface area contributed by atoms with Gasteiger partial charge in [0.2, 0.25) is 0 Å². The summed E-state index contributed by atoms with van der Waals surface area (Å²) in [5.41, 5.74) is 2.70. The number of likely N-dealkylation sites (N-methyl/N-ethyl adjacent to an activating group) is 1. The Kier molecular flexibility index (Phi) is 6.70. The minimum Gasteiger partial charge on any atom is -0.484 e. The second-order valence-corrected chi connectivity index (χ2v) is 7.86. The lowest BCUT2D eigenvalue weighted by molar-refractivity contribution is -0.118. The number of esters is 1. The summed E-state index contributed by atoms with van der Waals surface area (Å²) in [5.74, 6) is -0.0296. The molecule has 0 saturated carbocycles. The Morgan fingerprint density at radius 3 is 2.64 bits per heavy atom. The van der Waals surface area contributed by atoms with Crippen molar-refractivity contribution in [2.24, 2.45) is 0 Å². The first kappa shape index (κ1) is 20.4. The number of anilines is 1. The average Bonchev–Trinajstić information content (AvgIpc) is 3.03. The number of carbonyl (C=O) groups is 2. The monoisotopic (exact) mass is 402 g/mol. The van der Waals surface area contributed by atoms with Gasteiger partial charge in [-0.3, -0.25) is 4.79 Å². The molecular formula is C21H26N2O4S. The maximum Gasteiger partial charge on any atom is 0.341 e. The van der Waals surface area contributed by atoms with Crippen LogP contribution in [0, 0.1) is 0 Å². The molecule has 1 aromatic heterocycles. The van der Waals surface area contributed by atoms with E-state index in [-0.39, 0.29) is 18.5 Å². The van der Waals surface area contributed by atoms with Gasteiger partial charge in [0.25, 0.3) is 5.91 Å². The highest BCUT2D eigenvalue weighted by atomic mass is 32.1. The SMILES string of the molecule is CCOC(=O)c1c(NC(=O)COc2ccc(CC)cc2)sc2c1CCN(C)C2. The van der Waals surface area contributed by atoms with Crippen molar-refractivity contribution in [3.63, 3.8) is 0 Å². The minimum atomic E-state index is -0.379. The van der Waals surface area contributed by atoms with Gasteiger partial charge in [0.1, 0.15) is 10.8 Å². The highest BCUT2D eigenvalue weighted by Gasteiger charge is 2.28. The molecule has 0 spiro atoms. The van der Waals surface area contributed by atoms with E-state index in [4.69, 9.17) is 9.47 Å². The molecule has 1 aromatic carbocycles. The summed E-state index contributed by atoms with van der Waals surface area (Å²) in [4.78, 5) is 28.2. The summed E-state index contributed by atoms with van der Waals surface area (Å²) in [6.45, 7) is 5.69. The fourth-order valence-corrected chi connectivity index (χ4v) is 4.50. The molecule has 28 heavy (non-hydrogen) atoms. The number of amides is 1. The fourth-order valence-electron chi connectivity index (χ4n) is 3.17. The zero-order chi connectivity index (χ0) is 20.1. The van der Waals surface area contributed by atoms with E-state index >= 15 is 0 Å². The second kappa shape index (κ2) is 9.21. The van der Waals surface area contributed by atoms with Crippen LogP contribution in [0.4, 0.5) is 5.00 Å². The number of hydrogen-bond acceptors (Lipinski definition) is 6. The van der Waals surface area contributed by atoms with Crippen molar-refractivity contribution in [3.05, 3.63) is 45.8 Å². The van der Waals surface area contributed by atoms with Crippen molar-refractivity contribution in [1.82, 2.24) is 4.90 Å². The maximum atomic E-state index is 12.5. The summed E-state index contributed by atoms with van der Waals surface area (Å²) in [6.07, 6.45) is 1.72. The fraction of sp³-hybridized carbons (Fsp3) is 0.429. The van der Waals surface area contributed by atoms with Crippen LogP contribution in [-0.4, -0.2) is 43.6 Å². The van der Waals surface area contributed by atoms with Gasteiger partial charge in [-0.2, -0.15) is 0 Å². The van der Waals surface area contributed by atoms with E-state index in [0.29, 0.717) is 22.9 Å². The molecule has 2 aromatic rings. The van der Waals surface area contributed by atoms with E-state index in [1.165, 1.54) is 16.9 Å². The van der Waals surface area contributed by atoms with Crippen LogP contribution in [0.15, 0.2) is 24.3 Å². The van der Waals surface area contributed by atoms with Crippen LogP contribution in [0.3, 0.4) is 0 Å². The van der Waals surface area contributed by atoms with E-state index in [1.54, 1.807) is 6.92 Å². The van der Waals surface area contributed by atoms with Crippen molar-refractivity contribution >= 4 is 28.2 Å². The third-order valence-electron chi connectivity index (χ3n) is 4.68. The first-order valence-corrected chi connectivity index (χ1v) is 10.3. The average molecular weight is 403 g/mol. The van der Waals surface area contributed by atoms with Gasteiger partial charge in [-0.15, -0.1) is 11.3 Å². The summed E-state index contributed by atoms with van der Waals surface area (Å²) in [5, 5.41) is 3.40. The Labute approximate surface area is 169 Å². The number of carbonyl (C=O) groups excluding carboxylic acids is 2. The Bertz CT molecular complexity index is 845. The molecule has 0 radical (unpaired) electrons. The second-order valence-electron chi connectivity index (χ2n) is 6.75. The van der Waals surface area contributed by atoms with E-state index in [9.17, 15) is 9.59 Å². The van der Waals surface area contributed by atoms with Crippen molar-refractivity contribution in [1.29, 1.82) is 0 Å². The molecule has 0 fully saturated rings. The molecule has 1 N–H and O–H groups in total. The zero-order valence-corrected chi connectivity index (χ0v) is 17.4.